The molecule has 2 aromatic heterocycles. The number of aromatic nitrogens is 3. The van der Waals surface area contributed by atoms with E-state index in [1.54, 1.807) is 18.2 Å². The summed E-state index contributed by atoms with van der Waals surface area (Å²) in [6.45, 7) is 1.02. The van der Waals surface area contributed by atoms with Crippen molar-refractivity contribution < 1.29 is 18.8 Å². The first kappa shape index (κ1) is 22.4. The molecular weight excluding hydrogens is 458 g/mol. The molecule has 5 rings (SSSR count). The number of hydrogen-bond acceptors (Lipinski definition) is 7. The van der Waals surface area contributed by atoms with Gasteiger partial charge in [-0.1, -0.05) is 28.9 Å². The largest absolute Gasteiger partial charge is 0.439 e. The number of carbonyl (C=O) groups is 1. The van der Waals surface area contributed by atoms with Gasteiger partial charge in [0.1, 0.15) is 11.9 Å². The highest BCUT2D eigenvalue weighted by Crippen LogP contribution is 2.34. The molecule has 0 bridgehead atoms. The predicted octanol–water partition coefficient (Wildman–Crippen LogP) is 4.14. The molecule has 0 spiro atoms. The number of ether oxygens (including phenoxy) is 2. The van der Waals surface area contributed by atoms with Gasteiger partial charge in [0.2, 0.25) is 5.82 Å². The standard InChI is InChI=1S/C24H24ClN5O4/c25-19-9-3-1-8-17(19)22-28-24(34-29-22)33-14-21(31)27-23-18(12-26)16-7-2-4-10-20(16)30(23)13-15-6-5-11-32-15/h1,3,8-9,15H,2,4-7,10-11,13-14H2,(H,27,31). The van der Waals surface area contributed by atoms with Crippen molar-refractivity contribution in [1.29, 1.82) is 5.26 Å². The van der Waals surface area contributed by atoms with Crippen LogP contribution in [0.4, 0.5) is 5.82 Å². The summed E-state index contributed by atoms with van der Waals surface area (Å²) >= 11 is 6.17. The van der Waals surface area contributed by atoms with E-state index < -0.39 is 5.91 Å². The van der Waals surface area contributed by atoms with E-state index in [9.17, 15) is 10.1 Å². The van der Waals surface area contributed by atoms with Gasteiger partial charge in [0.05, 0.1) is 23.2 Å². The monoisotopic (exact) mass is 481 g/mol. The zero-order chi connectivity index (χ0) is 23.5. The second kappa shape index (κ2) is 9.87. The number of rotatable bonds is 7. The number of hydrogen-bond donors (Lipinski definition) is 1. The summed E-state index contributed by atoms with van der Waals surface area (Å²) in [5.74, 6) is 0.365. The van der Waals surface area contributed by atoms with Crippen LogP contribution >= 0.6 is 11.6 Å². The van der Waals surface area contributed by atoms with E-state index in [0.29, 0.717) is 28.5 Å². The second-order valence-corrected chi connectivity index (χ2v) is 8.82. The fraction of sp³-hybridized carbons (Fsp3) is 0.417. The van der Waals surface area contributed by atoms with Crippen LogP contribution < -0.4 is 10.1 Å². The van der Waals surface area contributed by atoms with E-state index in [-0.39, 0.29) is 24.6 Å². The predicted molar refractivity (Wildman–Crippen MR) is 124 cm³/mol. The molecule has 1 unspecified atom stereocenters. The minimum Gasteiger partial charge on any atom is -0.439 e. The molecule has 1 fully saturated rings. The molecule has 0 radical (unpaired) electrons. The summed E-state index contributed by atoms with van der Waals surface area (Å²) in [6, 6.07) is 9.40. The van der Waals surface area contributed by atoms with E-state index >= 15 is 0 Å². The van der Waals surface area contributed by atoms with Crippen LogP contribution in [0.5, 0.6) is 6.08 Å². The fourth-order valence-corrected chi connectivity index (χ4v) is 4.85. The van der Waals surface area contributed by atoms with Crippen molar-refractivity contribution in [1.82, 2.24) is 14.7 Å². The summed E-state index contributed by atoms with van der Waals surface area (Å²) < 4.78 is 18.4. The first-order valence-corrected chi connectivity index (χ1v) is 11.8. The maximum atomic E-state index is 12.8. The SMILES string of the molecule is N#Cc1c2c(n(CC3CCCO3)c1NC(=O)COc1nc(-c3ccccc3Cl)no1)CCCC2. The van der Waals surface area contributed by atoms with E-state index in [1.165, 1.54) is 0 Å². The third-order valence-corrected chi connectivity index (χ3v) is 6.53. The zero-order valence-corrected chi connectivity index (χ0v) is 19.3. The van der Waals surface area contributed by atoms with Gasteiger partial charge in [0, 0.05) is 17.9 Å². The summed E-state index contributed by atoms with van der Waals surface area (Å²) in [4.78, 5) is 16.9. The lowest BCUT2D eigenvalue weighted by Gasteiger charge is -2.19. The Morgan fingerprint density at radius 3 is 2.94 bits per heavy atom. The number of halogens is 1. The molecule has 3 heterocycles. The minimum absolute atomic E-state index is 0.0819. The molecule has 3 aromatic rings. The van der Waals surface area contributed by atoms with E-state index in [0.717, 1.165) is 56.4 Å². The van der Waals surface area contributed by atoms with Crippen LogP contribution in [0.25, 0.3) is 11.4 Å². The van der Waals surface area contributed by atoms with Gasteiger partial charge in [-0.3, -0.25) is 9.32 Å². The van der Waals surface area contributed by atoms with E-state index in [4.69, 9.17) is 25.6 Å². The zero-order valence-electron chi connectivity index (χ0n) is 18.6. The van der Waals surface area contributed by atoms with Crippen LogP contribution in [0.15, 0.2) is 28.8 Å². The fourth-order valence-electron chi connectivity index (χ4n) is 4.63. The van der Waals surface area contributed by atoms with Crippen LogP contribution in [0.2, 0.25) is 5.02 Å². The molecule has 34 heavy (non-hydrogen) atoms. The first-order valence-electron chi connectivity index (χ1n) is 11.4. The van der Waals surface area contributed by atoms with Gasteiger partial charge in [0.15, 0.2) is 6.61 Å². The Morgan fingerprint density at radius 1 is 1.29 bits per heavy atom. The van der Waals surface area contributed by atoms with Crippen molar-refractivity contribution in [3.63, 3.8) is 0 Å². The minimum atomic E-state index is -0.419. The molecule has 176 valence electrons. The Morgan fingerprint density at radius 2 is 2.15 bits per heavy atom. The van der Waals surface area contributed by atoms with Crippen molar-refractivity contribution >= 4 is 23.3 Å². The Balaban J connectivity index is 1.31. The quantitative estimate of drug-likeness (QED) is 0.539. The summed E-state index contributed by atoms with van der Waals surface area (Å²) in [5, 5.41) is 17.1. The van der Waals surface area contributed by atoms with Gasteiger partial charge in [-0.25, -0.2) is 0 Å². The number of nitrogens with one attached hydrogen (secondary N) is 1. The molecule has 1 N–H and O–H groups in total. The Hall–Kier alpha value is -3.35. The highest BCUT2D eigenvalue weighted by atomic mass is 35.5. The van der Waals surface area contributed by atoms with Crippen molar-refractivity contribution in [2.45, 2.75) is 51.2 Å². The topological polar surface area (TPSA) is 115 Å². The molecule has 9 nitrogen and oxygen atoms in total. The molecule has 10 heteroatoms. The number of benzene rings is 1. The normalized spacial score (nSPS) is 17.2. The third kappa shape index (κ3) is 4.52. The number of carbonyl (C=O) groups excluding carboxylic acids is 1. The highest BCUT2D eigenvalue weighted by molar-refractivity contribution is 6.33. The van der Waals surface area contributed by atoms with Crippen LogP contribution in [-0.4, -0.2) is 39.9 Å². The maximum absolute atomic E-state index is 12.8. The number of anilines is 1. The van der Waals surface area contributed by atoms with Crippen molar-refractivity contribution in [3.05, 3.63) is 46.1 Å². The molecule has 1 aliphatic carbocycles. The van der Waals surface area contributed by atoms with Gasteiger partial charge < -0.3 is 19.4 Å². The third-order valence-electron chi connectivity index (χ3n) is 6.20. The van der Waals surface area contributed by atoms with Gasteiger partial charge in [0.25, 0.3) is 5.91 Å². The molecule has 0 saturated carbocycles. The van der Waals surface area contributed by atoms with Crippen LogP contribution in [0.1, 0.15) is 42.5 Å². The van der Waals surface area contributed by atoms with Gasteiger partial charge in [-0.2, -0.15) is 10.2 Å². The smallest absolute Gasteiger partial charge is 0.418 e. The number of fused-ring (bicyclic) bond motifs is 1. The molecule has 1 aromatic carbocycles. The summed E-state index contributed by atoms with van der Waals surface area (Å²) in [7, 11) is 0. The summed E-state index contributed by atoms with van der Waals surface area (Å²) in [5.41, 5.74) is 3.28. The van der Waals surface area contributed by atoms with E-state index in [1.807, 2.05) is 6.07 Å². The average Bonchev–Trinajstić information content (AvgIpc) is 3.59. The van der Waals surface area contributed by atoms with Gasteiger partial charge in [-0.05, 0) is 56.2 Å². The number of nitriles is 1. The van der Waals surface area contributed by atoms with Gasteiger partial charge >= 0.3 is 6.08 Å². The van der Waals surface area contributed by atoms with Crippen molar-refractivity contribution in [3.8, 4) is 23.5 Å². The Kier molecular flexibility index (Phi) is 6.52. The molecule has 1 atom stereocenters. The van der Waals surface area contributed by atoms with E-state index in [2.05, 4.69) is 26.1 Å². The lowest BCUT2D eigenvalue weighted by molar-refractivity contribution is -0.118. The van der Waals surface area contributed by atoms with Crippen LogP contribution in [0.3, 0.4) is 0 Å². The number of nitrogens with zero attached hydrogens (tertiary/aromatic N) is 4. The lowest BCUT2D eigenvalue weighted by atomic mass is 9.95. The average molecular weight is 482 g/mol. The lowest BCUT2D eigenvalue weighted by Crippen LogP contribution is -2.25. The van der Waals surface area contributed by atoms with Crippen molar-refractivity contribution in [2.75, 3.05) is 18.5 Å². The Bertz CT molecular complexity index is 1240. The molecule has 1 amide bonds. The number of amides is 1. The van der Waals surface area contributed by atoms with Crippen LogP contribution in [0, 0.1) is 11.3 Å². The molecule has 1 saturated heterocycles. The van der Waals surface area contributed by atoms with Crippen LogP contribution in [-0.2, 0) is 28.9 Å². The second-order valence-electron chi connectivity index (χ2n) is 8.41. The van der Waals surface area contributed by atoms with Gasteiger partial charge in [-0.15, -0.1) is 0 Å². The molecule has 1 aliphatic heterocycles. The maximum Gasteiger partial charge on any atom is 0.418 e. The Labute approximate surface area is 201 Å². The molecule has 2 aliphatic rings. The molecular formula is C24H24ClN5O4. The summed E-state index contributed by atoms with van der Waals surface area (Å²) in [6.07, 6.45) is 5.75. The first-order chi connectivity index (χ1) is 16.6. The van der Waals surface area contributed by atoms with Crippen molar-refractivity contribution in [2.24, 2.45) is 0 Å². The highest BCUT2D eigenvalue weighted by Gasteiger charge is 2.28.